The number of hydrogen-bond donors (Lipinski definition) is 1. The first-order valence-corrected chi connectivity index (χ1v) is 5.09. The Morgan fingerprint density at radius 1 is 1.47 bits per heavy atom. The van der Waals surface area contributed by atoms with E-state index in [1.54, 1.807) is 24.3 Å². The molecule has 1 aromatic heterocycles. The summed E-state index contributed by atoms with van der Waals surface area (Å²) in [5, 5.41) is 9.09. The Hall–Kier alpha value is -2.01. The van der Waals surface area contributed by atoms with Crippen LogP contribution >= 0.6 is 11.6 Å². The third-order valence-corrected chi connectivity index (χ3v) is 2.26. The molecule has 17 heavy (non-hydrogen) atoms. The van der Waals surface area contributed by atoms with Crippen molar-refractivity contribution in [3.8, 4) is 5.75 Å². The number of hydrogen-bond acceptors (Lipinski definition) is 4. The number of halogens is 1. The lowest BCUT2D eigenvalue weighted by molar-refractivity contribution is 0.0653. The van der Waals surface area contributed by atoms with Crippen molar-refractivity contribution in [2.75, 3.05) is 0 Å². The molecule has 0 saturated carbocycles. The number of carboxylic acid groups (broad SMARTS) is 1. The van der Waals surface area contributed by atoms with Crippen molar-refractivity contribution in [1.82, 2.24) is 4.98 Å². The number of carboxylic acids is 1. The molecule has 1 aromatic carbocycles. The van der Waals surface area contributed by atoms with E-state index in [0.29, 0.717) is 16.5 Å². The highest BCUT2D eigenvalue weighted by molar-refractivity contribution is 6.32. The molecule has 88 valence electrons. The van der Waals surface area contributed by atoms with Crippen molar-refractivity contribution in [3.63, 3.8) is 0 Å². The first-order valence-electron chi connectivity index (χ1n) is 4.72. The van der Waals surface area contributed by atoms with E-state index in [1.807, 2.05) is 0 Å². The zero-order valence-corrected chi connectivity index (χ0v) is 9.35. The Morgan fingerprint density at radius 3 is 2.88 bits per heavy atom. The largest absolute Gasteiger partial charge is 0.486 e. The Morgan fingerprint density at radius 2 is 2.24 bits per heavy atom. The lowest BCUT2D eigenvalue weighted by Gasteiger charge is -2.04. The SMILES string of the molecule is O=C(O)c1nc(COc2ccccc2Cl)co1. The number of carbonyl (C=O) groups is 1. The van der Waals surface area contributed by atoms with Gasteiger partial charge in [0.25, 0.3) is 0 Å². The number of ether oxygens (including phenoxy) is 1. The molecule has 5 nitrogen and oxygen atoms in total. The molecule has 0 aliphatic carbocycles. The molecule has 0 bridgehead atoms. The Kier molecular flexibility index (Phi) is 3.30. The van der Waals surface area contributed by atoms with Gasteiger partial charge in [-0.3, -0.25) is 0 Å². The highest BCUT2D eigenvalue weighted by Gasteiger charge is 2.11. The minimum atomic E-state index is -1.21. The predicted octanol–water partition coefficient (Wildman–Crippen LogP) is 2.61. The zero-order valence-electron chi connectivity index (χ0n) is 8.59. The summed E-state index contributed by atoms with van der Waals surface area (Å²) in [7, 11) is 0. The Labute approximate surface area is 102 Å². The molecular formula is C11H8ClNO4. The number of aromatic carboxylic acids is 1. The number of benzene rings is 1. The molecule has 0 spiro atoms. The summed E-state index contributed by atoms with van der Waals surface area (Å²) >= 11 is 5.88. The molecule has 6 heteroatoms. The molecule has 0 radical (unpaired) electrons. The Balaban J connectivity index is 2.02. The van der Waals surface area contributed by atoms with Gasteiger partial charge >= 0.3 is 11.9 Å². The van der Waals surface area contributed by atoms with Crippen LogP contribution in [0.25, 0.3) is 0 Å². The normalized spacial score (nSPS) is 10.2. The highest BCUT2D eigenvalue weighted by atomic mass is 35.5. The van der Waals surface area contributed by atoms with E-state index in [0.717, 1.165) is 0 Å². The summed E-state index contributed by atoms with van der Waals surface area (Å²) in [6, 6.07) is 6.98. The van der Waals surface area contributed by atoms with Gasteiger partial charge < -0.3 is 14.3 Å². The van der Waals surface area contributed by atoms with Gasteiger partial charge in [0.2, 0.25) is 0 Å². The standard InChI is InChI=1S/C11H8ClNO4/c12-8-3-1-2-4-9(8)16-5-7-6-17-10(13-7)11(14)15/h1-4,6H,5H2,(H,14,15). The second-order valence-corrected chi connectivity index (χ2v) is 3.58. The quantitative estimate of drug-likeness (QED) is 0.907. The number of oxazole rings is 1. The van der Waals surface area contributed by atoms with Crippen molar-refractivity contribution in [2.24, 2.45) is 0 Å². The maximum Gasteiger partial charge on any atom is 0.392 e. The molecule has 1 heterocycles. The fourth-order valence-electron chi connectivity index (χ4n) is 1.18. The maximum atomic E-state index is 10.5. The van der Waals surface area contributed by atoms with Gasteiger partial charge in [0.05, 0.1) is 5.02 Å². The van der Waals surface area contributed by atoms with Crippen molar-refractivity contribution in [3.05, 3.63) is 47.1 Å². The highest BCUT2D eigenvalue weighted by Crippen LogP contribution is 2.23. The van der Waals surface area contributed by atoms with Crippen LogP contribution in [0.4, 0.5) is 0 Å². The summed E-state index contributed by atoms with van der Waals surface area (Å²) in [5.74, 6) is -1.06. The first kappa shape index (κ1) is 11.5. The summed E-state index contributed by atoms with van der Waals surface area (Å²) in [6.07, 6.45) is 1.24. The minimum Gasteiger partial charge on any atom is -0.486 e. The number of para-hydroxylation sites is 1. The van der Waals surface area contributed by atoms with Crippen molar-refractivity contribution < 1.29 is 19.1 Å². The topological polar surface area (TPSA) is 72.6 Å². The van der Waals surface area contributed by atoms with Crippen LogP contribution in [-0.2, 0) is 6.61 Å². The van der Waals surface area contributed by atoms with Crippen molar-refractivity contribution in [1.29, 1.82) is 0 Å². The molecule has 0 amide bonds. The fourth-order valence-corrected chi connectivity index (χ4v) is 1.38. The average molecular weight is 254 g/mol. The maximum absolute atomic E-state index is 10.5. The van der Waals surface area contributed by atoms with Crippen LogP contribution in [0.3, 0.4) is 0 Å². The number of aromatic nitrogens is 1. The van der Waals surface area contributed by atoms with Gasteiger partial charge in [0, 0.05) is 0 Å². The van der Waals surface area contributed by atoms with Crippen LogP contribution in [0.15, 0.2) is 34.9 Å². The molecule has 0 fully saturated rings. The van der Waals surface area contributed by atoms with Crippen molar-refractivity contribution >= 4 is 17.6 Å². The summed E-state index contributed by atoms with van der Waals surface area (Å²) in [6.45, 7) is 0.0977. The van der Waals surface area contributed by atoms with E-state index in [4.69, 9.17) is 25.9 Å². The van der Waals surface area contributed by atoms with Gasteiger partial charge in [-0.05, 0) is 12.1 Å². The number of rotatable bonds is 4. The van der Waals surface area contributed by atoms with Gasteiger partial charge in [-0.25, -0.2) is 9.78 Å². The number of nitrogens with zero attached hydrogens (tertiary/aromatic N) is 1. The van der Waals surface area contributed by atoms with E-state index in [9.17, 15) is 4.79 Å². The molecule has 0 saturated heterocycles. The average Bonchev–Trinajstić information content (AvgIpc) is 2.77. The molecular weight excluding hydrogens is 246 g/mol. The molecule has 2 aromatic rings. The van der Waals surface area contributed by atoms with E-state index in [1.165, 1.54) is 6.26 Å². The Bertz CT molecular complexity index is 538. The first-order chi connectivity index (χ1) is 8.16. The van der Waals surface area contributed by atoms with E-state index >= 15 is 0 Å². The van der Waals surface area contributed by atoms with Crippen LogP contribution < -0.4 is 4.74 Å². The molecule has 0 aliphatic heterocycles. The lowest BCUT2D eigenvalue weighted by atomic mass is 10.3. The zero-order chi connectivity index (χ0) is 12.3. The van der Waals surface area contributed by atoms with Crippen LogP contribution in [0, 0.1) is 0 Å². The van der Waals surface area contributed by atoms with Crippen molar-refractivity contribution in [2.45, 2.75) is 6.61 Å². The molecule has 0 unspecified atom stereocenters. The van der Waals surface area contributed by atoms with E-state index in [2.05, 4.69) is 4.98 Å². The van der Waals surface area contributed by atoms with Crippen LogP contribution in [0.5, 0.6) is 5.75 Å². The van der Waals surface area contributed by atoms with Crippen LogP contribution in [0.2, 0.25) is 5.02 Å². The van der Waals surface area contributed by atoms with Crippen LogP contribution in [0.1, 0.15) is 16.4 Å². The lowest BCUT2D eigenvalue weighted by Crippen LogP contribution is -1.99. The van der Waals surface area contributed by atoms with E-state index in [-0.39, 0.29) is 12.5 Å². The monoisotopic (exact) mass is 253 g/mol. The smallest absolute Gasteiger partial charge is 0.392 e. The third kappa shape index (κ3) is 2.76. The summed E-state index contributed by atoms with van der Waals surface area (Å²) in [4.78, 5) is 14.2. The minimum absolute atomic E-state index is 0.0977. The summed E-state index contributed by atoms with van der Waals surface area (Å²) < 4.78 is 10.1. The molecule has 1 N–H and O–H groups in total. The fraction of sp³-hybridized carbons (Fsp3) is 0.0909. The molecule has 2 rings (SSSR count). The second kappa shape index (κ2) is 4.88. The summed E-state index contributed by atoms with van der Waals surface area (Å²) in [5.41, 5.74) is 0.391. The van der Waals surface area contributed by atoms with Gasteiger partial charge in [-0.1, -0.05) is 23.7 Å². The second-order valence-electron chi connectivity index (χ2n) is 3.17. The van der Waals surface area contributed by atoms with Gasteiger partial charge in [-0.15, -0.1) is 0 Å². The van der Waals surface area contributed by atoms with Gasteiger partial charge in [-0.2, -0.15) is 0 Å². The van der Waals surface area contributed by atoms with E-state index < -0.39 is 5.97 Å². The van der Waals surface area contributed by atoms with Gasteiger partial charge in [0.15, 0.2) is 0 Å². The predicted molar refractivity (Wildman–Crippen MR) is 59.2 cm³/mol. The third-order valence-electron chi connectivity index (χ3n) is 1.95. The van der Waals surface area contributed by atoms with Gasteiger partial charge in [0.1, 0.15) is 24.3 Å². The molecule has 0 atom stereocenters. The van der Waals surface area contributed by atoms with Crippen LogP contribution in [-0.4, -0.2) is 16.1 Å². The molecule has 0 aliphatic rings.